The van der Waals surface area contributed by atoms with E-state index in [2.05, 4.69) is 0 Å². The summed E-state index contributed by atoms with van der Waals surface area (Å²) in [6, 6.07) is 0. The van der Waals surface area contributed by atoms with Crippen molar-refractivity contribution >= 4 is 15.2 Å². The van der Waals surface area contributed by atoms with Gasteiger partial charge in [0.05, 0.1) is 26.4 Å². The minimum Gasteiger partial charge on any atom is -0.308 e. The second-order valence-electron chi connectivity index (χ2n) is 5.64. The molecule has 0 spiro atoms. The lowest BCUT2D eigenvalue weighted by Gasteiger charge is -2.35. The maximum atomic E-state index is 13.5. The largest absolute Gasteiger partial charge is 0.349 e. The van der Waals surface area contributed by atoms with Crippen LogP contribution in [-0.2, 0) is 27.2 Å². The molecule has 0 fully saturated rings. The van der Waals surface area contributed by atoms with Crippen molar-refractivity contribution in [3.63, 3.8) is 0 Å². The van der Waals surface area contributed by atoms with Crippen molar-refractivity contribution < 1.29 is 27.2 Å². The van der Waals surface area contributed by atoms with Crippen LogP contribution in [0.15, 0.2) is 11.1 Å². The Labute approximate surface area is 146 Å². The minimum atomic E-state index is -3.69. The van der Waals surface area contributed by atoms with Crippen LogP contribution in [0.4, 0.5) is 0 Å². The third kappa shape index (κ3) is 5.27. The van der Waals surface area contributed by atoms with E-state index in [1.807, 2.05) is 6.92 Å². The molecular formula is C16H32O6P2. The molecule has 0 aliphatic heterocycles. The normalized spacial score (nSPS) is 16.9. The summed E-state index contributed by atoms with van der Waals surface area (Å²) in [4.78, 5) is 0. The summed E-state index contributed by atoms with van der Waals surface area (Å²) in [7, 11) is -7.37. The Hall–Kier alpha value is 0.0400. The lowest BCUT2D eigenvalue weighted by Crippen LogP contribution is -2.22. The predicted octanol–water partition coefficient (Wildman–Crippen LogP) is 5.74. The van der Waals surface area contributed by atoms with E-state index in [-0.39, 0.29) is 26.4 Å². The molecule has 0 N–H and O–H groups in total. The van der Waals surface area contributed by atoms with Gasteiger partial charge < -0.3 is 18.1 Å². The fraction of sp³-hybridized carbons (Fsp3) is 0.875. The fourth-order valence-electron chi connectivity index (χ4n) is 3.06. The van der Waals surface area contributed by atoms with E-state index in [9.17, 15) is 9.13 Å². The number of rotatable bonds is 11. The van der Waals surface area contributed by atoms with E-state index in [4.69, 9.17) is 18.1 Å². The van der Waals surface area contributed by atoms with Gasteiger partial charge in [0.2, 0.25) is 0 Å². The molecule has 0 aromatic heterocycles. The number of hydrogen-bond donors (Lipinski definition) is 0. The van der Waals surface area contributed by atoms with Crippen molar-refractivity contribution in [3.8, 4) is 0 Å². The van der Waals surface area contributed by atoms with Crippen molar-refractivity contribution in [2.45, 2.75) is 65.7 Å². The Morgan fingerprint density at radius 1 is 0.792 bits per heavy atom. The molecule has 0 amide bonds. The van der Waals surface area contributed by atoms with Gasteiger partial charge in [-0.15, -0.1) is 0 Å². The van der Waals surface area contributed by atoms with Gasteiger partial charge in [-0.1, -0.05) is 5.57 Å². The highest BCUT2D eigenvalue weighted by molar-refractivity contribution is 7.73. The van der Waals surface area contributed by atoms with Gasteiger partial charge in [-0.05, 0) is 65.9 Å². The lowest BCUT2D eigenvalue weighted by atomic mass is 9.94. The average Bonchev–Trinajstić information content (AvgIpc) is 2.50. The van der Waals surface area contributed by atoms with Crippen LogP contribution < -0.4 is 0 Å². The van der Waals surface area contributed by atoms with Crippen molar-refractivity contribution in [3.05, 3.63) is 11.1 Å². The first-order valence-electron chi connectivity index (χ1n) is 8.84. The molecular weight excluding hydrogens is 350 g/mol. The van der Waals surface area contributed by atoms with Crippen molar-refractivity contribution in [2.24, 2.45) is 0 Å². The third-order valence-corrected chi connectivity index (χ3v) is 9.93. The van der Waals surface area contributed by atoms with E-state index in [0.29, 0.717) is 6.42 Å². The molecule has 1 aliphatic carbocycles. The molecule has 0 unspecified atom stereocenters. The van der Waals surface area contributed by atoms with E-state index in [1.165, 1.54) is 0 Å². The lowest BCUT2D eigenvalue weighted by molar-refractivity contribution is 0.198. The summed E-state index contributed by atoms with van der Waals surface area (Å²) in [5, 5.41) is -0.981. The van der Waals surface area contributed by atoms with Gasteiger partial charge in [-0.3, -0.25) is 9.13 Å². The first kappa shape index (κ1) is 22.1. The number of allylic oxidation sites excluding steroid dienone is 2. The van der Waals surface area contributed by atoms with Gasteiger partial charge in [-0.25, -0.2) is 0 Å². The van der Waals surface area contributed by atoms with Crippen LogP contribution >= 0.6 is 15.2 Å². The molecule has 0 aromatic rings. The van der Waals surface area contributed by atoms with Gasteiger partial charge in [0.25, 0.3) is 0 Å². The van der Waals surface area contributed by atoms with E-state index in [1.54, 1.807) is 27.7 Å². The zero-order valence-corrected chi connectivity index (χ0v) is 17.4. The summed E-state index contributed by atoms with van der Waals surface area (Å²) in [5.41, 5.74) is 1.95. The summed E-state index contributed by atoms with van der Waals surface area (Å²) in [5.74, 6) is 0. The Bertz CT molecular complexity index is 467. The van der Waals surface area contributed by atoms with Gasteiger partial charge in [0.1, 0.15) is 0 Å². The SMILES string of the molecule is CCOP(=O)(OCC)C(C1=C(C)CCCC1)P(=O)(OCC)OCC. The first-order chi connectivity index (χ1) is 11.4. The van der Waals surface area contributed by atoms with Gasteiger partial charge >= 0.3 is 15.2 Å². The van der Waals surface area contributed by atoms with E-state index in [0.717, 1.165) is 30.4 Å². The number of hydrogen-bond acceptors (Lipinski definition) is 6. The van der Waals surface area contributed by atoms with Crippen LogP contribution in [0.2, 0.25) is 0 Å². The first-order valence-corrected chi connectivity index (χ1v) is 12.1. The standard InChI is InChI=1S/C16H32O6P2/c1-6-19-23(17,20-7-2)16(15-13-11-10-12-14(15)5)24(18,21-8-3)22-9-4/h16H,6-13H2,1-5H3. The molecule has 1 rings (SSSR count). The van der Waals surface area contributed by atoms with E-state index < -0.39 is 20.6 Å². The Morgan fingerprint density at radius 2 is 1.17 bits per heavy atom. The van der Waals surface area contributed by atoms with Crippen molar-refractivity contribution in [2.75, 3.05) is 26.4 Å². The second kappa shape index (κ2) is 10.3. The van der Waals surface area contributed by atoms with Gasteiger partial charge in [0, 0.05) is 0 Å². The monoisotopic (exact) mass is 382 g/mol. The maximum Gasteiger partial charge on any atom is 0.349 e. The molecule has 0 heterocycles. The van der Waals surface area contributed by atoms with Gasteiger partial charge in [0.15, 0.2) is 5.40 Å². The molecule has 0 saturated carbocycles. The summed E-state index contributed by atoms with van der Waals surface area (Å²) < 4.78 is 49.2. The quantitative estimate of drug-likeness (QED) is 0.335. The summed E-state index contributed by atoms with van der Waals surface area (Å²) in [6.07, 6.45) is 3.63. The van der Waals surface area contributed by atoms with Crippen molar-refractivity contribution in [1.29, 1.82) is 0 Å². The highest BCUT2D eigenvalue weighted by Crippen LogP contribution is 2.73. The smallest absolute Gasteiger partial charge is 0.308 e. The Morgan fingerprint density at radius 3 is 1.50 bits per heavy atom. The molecule has 1 aliphatic rings. The third-order valence-electron chi connectivity index (χ3n) is 3.94. The molecule has 0 atom stereocenters. The Kier molecular flexibility index (Phi) is 9.43. The summed E-state index contributed by atoms with van der Waals surface area (Å²) in [6.45, 7) is 9.81. The molecule has 0 radical (unpaired) electrons. The summed E-state index contributed by atoms with van der Waals surface area (Å²) >= 11 is 0. The topological polar surface area (TPSA) is 71.1 Å². The van der Waals surface area contributed by atoms with E-state index >= 15 is 0 Å². The zero-order valence-electron chi connectivity index (χ0n) is 15.6. The van der Waals surface area contributed by atoms with Crippen LogP contribution in [0, 0.1) is 0 Å². The van der Waals surface area contributed by atoms with Crippen molar-refractivity contribution in [1.82, 2.24) is 0 Å². The highest BCUT2D eigenvalue weighted by atomic mass is 31.2. The fourth-order valence-corrected chi connectivity index (χ4v) is 8.86. The van der Waals surface area contributed by atoms with Crippen LogP contribution in [0.1, 0.15) is 60.3 Å². The maximum absolute atomic E-state index is 13.5. The van der Waals surface area contributed by atoms with Gasteiger partial charge in [-0.2, -0.15) is 0 Å². The van der Waals surface area contributed by atoms with Crippen LogP contribution in [0.3, 0.4) is 0 Å². The van der Waals surface area contributed by atoms with Crippen LogP contribution in [0.5, 0.6) is 0 Å². The molecule has 24 heavy (non-hydrogen) atoms. The highest BCUT2D eigenvalue weighted by Gasteiger charge is 2.53. The molecule has 0 saturated heterocycles. The van der Waals surface area contributed by atoms with Crippen LogP contribution in [-0.4, -0.2) is 31.8 Å². The second-order valence-corrected chi connectivity index (χ2v) is 10.3. The zero-order chi connectivity index (χ0) is 18.2. The minimum absolute atomic E-state index is 0.207. The van der Waals surface area contributed by atoms with Crippen LogP contribution in [0.25, 0.3) is 0 Å². The average molecular weight is 382 g/mol. The molecule has 142 valence electrons. The molecule has 0 aromatic carbocycles. The molecule has 8 heteroatoms. The molecule has 0 bridgehead atoms. The predicted molar refractivity (Wildman–Crippen MR) is 96.7 cm³/mol. The Balaban J connectivity index is 3.49. The molecule has 6 nitrogen and oxygen atoms in total.